The first-order chi connectivity index (χ1) is 10.5. The van der Waals surface area contributed by atoms with Crippen LogP contribution in [0.3, 0.4) is 0 Å². The Morgan fingerprint density at radius 1 is 1.30 bits per heavy atom. The minimum atomic E-state index is -0.574. The Morgan fingerprint density at radius 2 is 1.87 bits per heavy atom. The number of rotatable bonds is 5. The minimum Gasteiger partial charge on any atom is -0.325 e. The largest absolute Gasteiger partial charge is 0.326 e. The summed E-state index contributed by atoms with van der Waals surface area (Å²) in [5.41, 5.74) is -0.985. The van der Waals surface area contributed by atoms with E-state index in [0.717, 1.165) is 11.4 Å². The first kappa shape index (κ1) is 19.4. The third kappa shape index (κ3) is 3.47. The van der Waals surface area contributed by atoms with Crippen LogP contribution in [0.1, 0.15) is 53.0 Å². The number of hydrogen-bond donors (Lipinski definition) is 0. The number of nitrogens with zero attached hydrogens (tertiary/aromatic N) is 5. The second-order valence-corrected chi connectivity index (χ2v) is 7.81. The van der Waals surface area contributed by atoms with Crippen LogP contribution in [0.15, 0.2) is 0 Å². The van der Waals surface area contributed by atoms with Gasteiger partial charge in [0.05, 0.1) is 11.5 Å². The first-order valence-electron chi connectivity index (χ1n) is 7.77. The second kappa shape index (κ2) is 6.83. The summed E-state index contributed by atoms with van der Waals surface area (Å²) in [5.74, 6) is 0. The van der Waals surface area contributed by atoms with Gasteiger partial charge in [-0.1, -0.05) is 25.2 Å². The van der Waals surface area contributed by atoms with Crippen LogP contribution in [0.25, 0.3) is 0 Å². The number of anilines is 1. The molecule has 1 aromatic heterocycles. The fourth-order valence-electron chi connectivity index (χ4n) is 2.10. The van der Waals surface area contributed by atoms with Gasteiger partial charge in [-0.2, -0.15) is 5.26 Å². The van der Waals surface area contributed by atoms with Crippen LogP contribution in [-0.2, 0) is 5.41 Å². The molecule has 1 aromatic rings. The lowest BCUT2D eigenvalue weighted by Gasteiger charge is -2.36. The van der Waals surface area contributed by atoms with Crippen LogP contribution in [0, 0.1) is 16.7 Å². The SMILES string of the molecule is CCC(C)(c1nnc(N(C)C(=O)N(C)C(C)C)s1)C(C)(C)C#N. The summed E-state index contributed by atoms with van der Waals surface area (Å²) in [7, 11) is 3.46. The normalized spacial score (nSPS) is 14.3. The molecular formula is C16H27N5OS. The van der Waals surface area contributed by atoms with Crippen molar-refractivity contribution in [1.29, 1.82) is 5.26 Å². The fourth-order valence-corrected chi connectivity index (χ4v) is 3.27. The molecule has 23 heavy (non-hydrogen) atoms. The van der Waals surface area contributed by atoms with Crippen molar-refractivity contribution in [3.8, 4) is 6.07 Å². The molecule has 128 valence electrons. The average molecular weight is 337 g/mol. The van der Waals surface area contributed by atoms with Gasteiger partial charge in [-0.25, -0.2) is 4.79 Å². The quantitative estimate of drug-likeness (QED) is 0.822. The molecule has 0 saturated carbocycles. The third-order valence-corrected chi connectivity index (χ3v) is 6.17. The molecular weight excluding hydrogens is 310 g/mol. The summed E-state index contributed by atoms with van der Waals surface area (Å²) in [6, 6.07) is 2.36. The van der Waals surface area contributed by atoms with Crippen LogP contribution >= 0.6 is 11.3 Å². The van der Waals surface area contributed by atoms with E-state index >= 15 is 0 Å². The molecule has 0 aliphatic carbocycles. The topological polar surface area (TPSA) is 73.1 Å². The van der Waals surface area contributed by atoms with E-state index in [9.17, 15) is 10.1 Å². The lowest BCUT2D eigenvalue weighted by molar-refractivity contribution is 0.205. The van der Waals surface area contributed by atoms with Gasteiger partial charge in [0, 0.05) is 25.6 Å². The lowest BCUT2D eigenvalue weighted by Crippen LogP contribution is -2.42. The lowest BCUT2D eigenvalue weighted by atomic mass is 9.66. The highest BCUT2D eigenvalue weighted by Crippen LogP contribution is 2.45. The number of aromatic nitrogens is 2. The highest BCUT2D eigenvalue weighted by atomic mass is 32.1. The van der Waals surface area contributed by atoms with Crippen molar-refractivity contribution in [2.45, 2.75) is 59.4 Å². The molecule has 0 aliphatic rings. The monoisotopic (exact) mass is 337 g/mol. The van der Waals surface area contributed by atoms with Gasteiger partial charge in [0.15, 0.2) is 0 Å². The van der Waals surface area contributed by atoms with E-state index in [-0.39, 0.29) is 12.1 Å². The van der Waals surface area contributed by atoms with Crippen LogP contribution in [-0.4, -0.2) is 41.3 Å². The van der Waals surface area contributed by atoms with Crippen molar-refractivity contribution < 1.29 is 4.79 Å². The summed E-state index contributed by atoms with van der Waals surface area (Å²) in [5, 5.41) is 19.3. The molecule has 2 amide bonds. The summed E-state index contributed by atoms with van der Waals surface area (Å²) in [6.45, 7) is 11.8. The maximum atomic E-state index is 12.4. The number of nitriles is 1. The van der Waals surface area contributed by atoms with Crippen molar-refractivity contribution in [3.63, 3.8) is 0 Å². The number of carbonyl (C=O) groups excluding carboxylic acids is 1. The zero-order chi connectivity index (χ0) is 18.0. The predicted molar refractivity (Wildman–Crippen MR) is 93.6 cm³/mol. The molecule has 0 bridgehead atoms. The van der Waals surface area contributed by atoms with E-state index in [0.29, 0.717) is 5.13 Å². The van der Waals surface area contributed by atoms with Crippen LogP contribution in [0.5, 0.6) is 0 Å². The van der Waals surface area contributed by atoms with Gasteiger partial charge in [0.25, 0.3) is 0 Å². The second-order valence-electron chi connectivity index (χ2n) is 6.86. The van der Waals surface area contributed by atoms with Gasteiger partial charge < -0.3 is 4.90 Å². The Kier molecular flexibility index (Phi) is 5.75. The Bertz CT molecular complexity index is 604. The number of urea groups is 1. The zero-order valence-electron chi connectivity index (χ0n) is 15.3. The van der Waals surface area contributed by atoms with Gasteiger partial charge in [-0.3, -0.25) is 4.90 Å². The van der Waals surface area contributed by atoms with Gasteiger partial charge in [-0.15, -0.1) is 10.2 Å². The minimum absolute atomic E-state index is 0.107. The molecule has 1 rings (SSSR count). The van der Waals surface area contributed by atoms with Crippen LogP contribution in [0.4, 0.5) is 9.93 Å². The fraction of sp³-hybridized carbons (Fsp3) is 0.750. The van der Waals surface area contributed by atoms with Gasteiger partial charge in [0.2, 0.25) is 5.13 Å². The van der Waals surface area contributed by atoms with Crippen molar-refractivity contribution in [2.24, 2.45) is 5.41 Å². The van der Waals surface area contributed by atoms with Gasteiger partial charge in [0.1, 0.15) is 5.01 Å². The molecule has 0 aliphatic heterocycles. The highest BCUT2D eigenvalue weighted by molar-refractivity contribution is 7.15. The molecule has 1 unspecified atom stereocenters. The van der Waals surface area contributed by atoms with E-state index in [1.807, 2.05) is 41.5 Å². The van der Waals surface area contributed by atoms with E-state index < -0.39 is 10.8 Å². The van der Waals surface area contributed by atoms with E-state index in [1.165, 1.54) is 16.2 Å². The number of hydrogen-bond acceptors (Lipinski definition) is 5. The number of carbonyl (C=O) groups is 1. The first-order valence-corrected chi connectivity index (χ1v) is 8.59. The van der Waals surface area contributed by atoms with Crippen molar-refractivity contribution in [2.75, 3.05) is 19.0 Å². The number of amides is 2. The zero-order valence-corrected chi connectivity index (χ0v) is 16.2. The maximum absolute atomic E-state index is 12.4. The molecule has 0 N–H and O–H groups in total. The van der Waals surface area contributed by atoms with E-state index in [4.69, 9.17) is 0 Å². The molecule has 0 aromatic carbocycles. The standard InChI is InChI=1S/C16H27N5OS/c1-9-16(6,15(4,5)10-17)12-18-19-13(23-12)21(8)14(22)20(7)11(2)3/h11H,9H2,1-8H3. The van der Waals surface area contributed by atoms with E-state index in [1.54, 1.807) is 19.0 Å². The highest BCUT2D eigenvalue weighted by Gasteiger charge is 2.44. The third-order valence-electron chi connectivity index (χ3n) is 4.90. The Morgan fingerprint density at radius 3 is 2.30 bits per heavy atom. The molecule has 0 radical (unpaired) electrons. The molecule has 0 spiro atoms. The van der Waals surface area contributed by atoms with Crippen molar-refractivity contribution >= 4 is 22.5 Å². The van der Waals surface area contributed by atoms with Crippen LogP contribution in [0.2, 0.25) is 0 Å². The Balaban J connectivity index is 3.15. The maximum Gasteiger partial charge on any atom is 0.326 e. The molecule has 7 heteroatoms. The van der Waals surface area contributed by atoms with Crippen molar-refractivity contribution in [1.82, 2.24) is 15.1 Å². The molecule has 0 fully saturated rings. The summed E-state index contributed by atoms with van der Waals surface area (Å²) >= 11 is 1.38. The van der Waals surface area contributed by atoms with Crippen molar-refractivity contribution in [3.05, 3.63) is 5.01 Å². The van der Waals surface area contributed by atoms with Gasteiger partial charge >= 0.3 is 6.03 Å². The molecule has 6 nitrogen and oxygen atoms in total. The molecule has 1 heterocycles. The Hall–Kier alpha value is -1.68. The van der Waals surface area contributed by atoms with Gasteiger partial charge in [-0.05, 0) is 34.1 Å². The summed E-state index contributed by atoms with van der Waals surface area (Å²) in [4.78, 5) is 15.6. The smallest absolute Gasteiger partial charge is 0.325 e. The summed E-state index contributed by atoms with van der Waals surface area (Å²) < 4.78 is 0. The predicted octanol–water partition coefficient (Wildman–Crippen LogP) is 3.65. The molecule has 1 atom stereocenters. The summed E-state index contributed by atoms with van der Waals surface area (Å²) in [6.07, 6.45) is 0.770. The Labute approximate surface area is 143 Å². The average Bonchev–Trinajstić information content (AvgIpc) is 3.01. The molecule has 0 saturated heterocycles. The van der Waals surface area contributed by atoms with Crippen LogP contribution < -0.4 is 4.90 Å². The van der Waals surface area contributed by atoms with E-state index in [2.05, 4.69) is 16.3 Å².